The van der Waals surface area contributed by atoms with E-state index in [1.165, 1.54) is 49.4 Å². The van der Waals surface area contributed by atoms with Crippen molar-refractivity contribution in [3.8, 4) is 44.5 Å². The number of benzene rings is 10. The number of furan rings is 1. The van der Waals surface area contributed by atoms with Crippen molar-refractivity contribution in [1.29, 1.82) is 0 Å². The summed E-state index contributed by atoms with van der Waals surface area (Å²) >= 11 is 0. The molecule has 0 saturated carbocycles. The molecule has 0 amide bonds. The van der Waals surface area contributed by atoms with Crippen molar-refractivity contribution in [2.45, 2.75) is 0 Å². The first-order chi connectivity index (χ1) is 28.8. The summed E-state index contributed by atoms with van der Waals surface area (Å²) in [5.74, 6) is 0. The largest absolute Gasteiger partial charge is 0.456 e. The second-order valence-electron chi connectivity index (χ2n) is 14.9. The molecule has 58 heavy (non-hydrogen) atoms. The Morgan fingerprint density at radius 2 is 0.810 bits per heavy atom. The van der Waals surface area contributed by atoms with Crippen molar-refractivity contribution in [1.82, 2.24) is 0 Å². The molecule has 2 heteroatoms. The van der Waals surface area contributed by atoms with Crippen molar-refractivity contribution < 1.29 is 4.42 Å². The smallest absolute Gasteiger partial charge is 0.135 e. The number of hydrogen-bond acceptors (Lipinski definition) is 2. The lowest BCUT2D eigenvalue weighted by Crippen LogP contribution is -2.12. The van der Waals surface area contributed by atoms with Crippen LogP contribution in [0.4, 0.5) is 17.1 Å². The van der Waals surface area contributed by atoms with Gasteiger partial charge in [-0.25, -0.2) is 0 Å². The van der Waals surface area contributed by atoms with Gasteiger partial charge in [-0.05, 0) is 115 Å². The van der Waals surface area contributed by atoms with Crippen molar-refractivity contribution in [3.05, 3.63) is 224 Å². The van der Waals surface area contributed by atoms with E-state index >= 15 is 0 Å². The van der Waals surface area contributed by atoms with Gasteiger partial charge in [0.15, 0.2) is 0 Å². The van der Waals surface area contributed by atoms with E-state index in [9.17, 15) is 0 Å². The minimum absolute atomic E-state index is 0.887. The molecule has 0 N–H and O–H groups in total. The first-order valence-corrected chi connectivity index (χ1v) is 19.8. The van der Waals surface area contributed by atoms with Crippen molar-refractivity contribution in [2.24, 2.45) is 0 Å². The fraction of sp³-hybridized carbons (Fsp3) is 0. The van der Waals surface area contributed by atoms with Crippen LogP contribution in [0.5, 0.6) is 0 Å². The van der Waals surface area contributed by atoms with E-state index in [0.717, 1.165) is 55.7 Å². The lowest BCUT2D eigenvalue weighted by molar-refractivity contribution is 0.669. The summed E-state index contributed by atoms with van der Waals surface area (Å²) in [6, 6.07) is 80.9. The van der Waals surface area contributed by atoms with E-state index in [2.05, 4.69) is 217 Å². The van der Waals surface area contributed by atoms with E-state index in [1.54, 1.807) is 0 Å². The molecule has 1 aromatic heterocycles. The van der Waals surface area contributed by atoms with Crippen molar-refractivity contribution >= 4 is 60.5 Å². The van der Waals surface area contributed by atoms with E-state index in [-0.39, 0.29) is 0 Å². The minimum atomic E-state index is 0.887. The van der Waals surface area contributed by atoms with Gasteiger partial charge in [-0.3, -0.25) is 0 Å². The van der Waals surface area contributed by atoms with Gasteiger partial charge in [-0.1, -0.05) is 170 Å². The number of anilines is 3. The Balaban J connectivity index is 1.20. The Kier molecular flexibility index (Phi) is 8.19. The van der Waals surface area contributed by atoms with Crippen LogP contribution < -0.4 is 4.90 Å². The third kappa shape index (κ3) is 5.82. The highest BCUT2D eigenvalue weighted by Crippen LogP contribution is 2.49. The molecule has 0 aliphatic carbocycles. The molecule has 0 saturated heterocycles. The van der Waals surface area contributed by atoms with Crippen LogP contribution in [0.2, 0.25) is 0 Å². The summed E-state index contributed by atoms with van der Waals surface area (Å²) in [5, 5.41) is 7.13. The van der Waals surface area contributed by atoms with E-state index < -0.39 is 0 Å². The molecule has 0 atom stereocenters. The van der Waals surface area contributed by atoms with Crippen LogP contribution in [0.3, 0.4) is 0 Å². The first kappa shape index (κ1) is 33.6. The van der Waals surface area contributed by atoms with Crippen molar-refractivity contribution in [2.75, 3.05) is 4.90 Å². The predicted octanol–water partition coefficient (Wildman–Crippen LogP) is 16.0. The zero-order valence-corrected chi connectivity index (χ0v) is 31.7. The molecule has 1 heterocycles. The predicted molar refractivity (Wildman–Crippen MR) is 245 cm³/mol. The first-order valence-electron chi connectivity index (χ1n) is 19.8. The zero-order chi connectivity index (χ0) is 38.4. The molecule has 0 unspecified atom stereocenters. The van der Waals surface area contributed by atoms with Gasteiger partial charge in [0.25, 0.3) is 0 Å². The molecule has 0 aliphatic rings. The molecule has 0 aliphatic heterocycles. The number of nitrogens with zero attached hydrogens (tertiary/aromatic N) is 1. The molecule has 0 bridgehead atoms. The number of hydrogen-bond donors (Lipinski definition) is 0. The Labute approximate surface area is 337 Å². The van der Waals surface area contributed by atoms with Crippen LogP contribution in [0.15, 0.2) is 229 Å². The van der Waals surface area contributed by atoms with Crippen LogP contribution in [-0.4, -0.2) is 0 Å². The highest BCUT2D eigenvalue weighted by molar-refractivity contribution is 6.17. The van der Waals surface area contributed by atoms with Crippen molar-refractivity contribution in [3.63, 3.8) is 0 Å². The fourth-order valence-corrected chi connectivity index (χ4v) is 8.70. The maximum absolute atomic E-state index is 6.32. The molecule has 11 rings (SSSR count). The quantitative estimate of drug-likeness (QED) is 0.151. The number of fused-ring (bicyclic) bond motifs is 6. The van der Waals surface area contributed by atoms with Gasteiger partial charge in [0.1, 0.15) is 11.2 Å². The number of para-hydroxylation sites is 1. The monoisotopic (exact) mass is 739 g/mol. The summed E-state index contributed by atoms with van der Waals surface area (Å²) in [4.78, 5) is 2.43. The molecule has 2 nitrogen and oxygen atoms in total. The van der Waals surface area contributed by atoms with Gasteiger partial charge < -0.3 is 9.32 Å². The van der Waals surface area contributed by atoms with Gasteiger partial charge in [0.05, 0.1) is 5.69 Å². The summed E-state index contributed by atoms with van der Waals surface area (Å²) in [6.45, 7) is 0. The Morgan fingerprint density at radius 1 is 0.293 bits per heavy atom. The minimum Gasteiger partial charge on any atom is -0.456 e. The maximum Gasteiger partial charge on any atom is 0.135 e. The maximum atomic E-state index is 6.32. The SMILES string of the molecule is c1ccc(-c2ccc(N(c3ccc(-c4ccccc4)cc3)c3cccc(-c4ccc5oc6ccccc6c5c4)c3-c3cc4ccccc4c4ccccc34)cc2)cc1. The van der Waals surface area contributed by atoms with Crippen LogP contribution in [0, 0.1) is 0 Å². The van der Waals surface area contributed by atoms with Gasteiger partial charge in [0.2, 0.25) is 0 Å². The Bertz CT molecular complexity index is 3170. The summed E-state index contributed by atoms with van der Waals surface area (Å²) in [7, 11) is 0. The van der Waals surface area contributed by atoms with E-state index in [0.29, 0.717) is 0 Å². The van der Waals surface area contributed by atoms with E-state index in [4.69, 9.17) is 4.42 Å². The molecular weight excluding hydrogens is 703 g/mol. The third-order valence-corrected chi connectivity index (χ3v) is 11.5. The lowest BCUT2D eigenvalue weighted by Gasteiger charge is -2.30. The molecule has 0 fully saturated rings. The average Bonchev–Trinajstić information content (AvgIpc) is 3.68. The molecule has 0 spiro atoms. The van der Waals surface area contributed by atoms with Gasteiger partial charge >= 0.3 is 0 Å². The lowest BCUT2D eigenvalue weighted by atomic mass is 9.87. The van der Waals surface area contributed by atoms with E-state index in [1.807, 2.05) is 12.1 Å². The van der Waals surface area contributed by atoms with Crippen LogP contribution in [0.1, 0.15) is 0 Å². The Morgan fingerprint density at radius 3 is 1.48 bits per heavy atom. The zero-order valence-electron chi connectivity index (χ0n) is 31.7. The summed E-state index contributed by atoms with van der Waals surface area (Å²) < 4.78 is 6.32. The fourth-order valence-electron chi connectivity index (χ4n) is 8.70. The summed E-state index contributed by atoms with van der Waals surface area (Å²) in [5.41, 5.74) is 14.4. The molecular formula is C56H37NO. The molecule has 11 aromatic rings. The second kappa shape index (κ2) is 14.1. The molecule has 0 radical (unpaired) electrons. The summed E-state index contributed by atoms with van der Waals surface area (Å²) in [6.07, 6.45) is 0. The second-order valence-corrected chi connectivity index (χ2v) is 14.9. The van der Waals surface area contributed by atoms with Crippen LogP contribution >= 0.6 is 0 Å². The Hall–Kier alpha value is -7.68. The molecule has 10 aromatic carbocycles. The topological polar surface area (TPSA) is 16.4 Å². The number of rotatable bonds is 7. The highest BCUT2D eigenvalue weighted by atomic mass is 16.3. The van der Waals surface area contributed by atoms with Crippen LogP contribution in [-0.2, 0) is 0 Å². The standard InChI is InChI=1S/C56H37NO/c1-3-14-38(15-4-1)40-26-31-44(32-27-40)57(45-33-28-41(29-34-45)39-16-5-2-6-17-39)53-24-13-23-47(43-30-35-55-51(36-43)50-22-11-12-25-54(50)58-55)56(53)52-37-42-18-7-8-19-46(42)48-20-9-10-21-49(48)52/h1-37H. The molecule has 272 valence electrons. The third-order valence-electron chi connectivity index (χ3n) is 11.5. The normalized spacial score (nSPS) is 11.4. The van der Waals surface area contributed by atoms with Crippen LogP contribution in [0.25, 0.3) is 88.0 Å². The van der Waals surface area contributed by atoms with Gasteiger partial charge in [-0.2, -0.15) is 0 Å². The van der Waals surface area contributed by atoms with Gasteiger partial charge in [-0.15, -0.1) is 0 Å². The highest BCUT2D eigenvalue weighted by Gasteiger charge is 2.23. The van der Waals surface area contributed by atoms with Gasteiger partial charge in [0, 0.05) is 27.7 Å². The average molecular weight is 740 g/mol.